The third-order valence-electron chi connectivity index (χ3n) is 3.83. The third kappa shape index (κ3) is 3.61. The standard InChI is InChI=1S/C19H17F3N4/c1-3-26(13-6-4-5-12(2)11-13)16-9-10-23-19(25-16)24-15-8-7-14(20)17(21)18(15)22/h4-11H,3H2,1-2H3,(H,23,24,25). The molecule has 0 aliphatic heterocycles. The molecule has 4 nitrogen and oxygen atoms in total. The highest BCUT2D eigenvalue weighted by Crippen LogP contribution is 2.26. The molecular weight excluding hydrogens is 341 g/mol. The van der Waals surface area contributed by atoms with Crippen LogP contribution in [0.15, 0.2) is 48.7 Å². The van der Waals surface area contributed by atoms with Crippen LogP contribution in [0.2, 0.25) is 0 Å². The van der Waals surface area contributed by atoms with Gasteiger partial charge in [0.2, 0.25) is 5.95 Å². The number of benzene rings is 2. The highest BCUT2D eigenvalue weighted by atomic mass is 19.2. The molecule has 0 aliphatic carbocycles. The van der Waals surface area contributed by atoms with Gasteiger partial charge < -0.3 is 10.2 Å². The fourth-order valence-electron chi connectivity index (χ4n) is 2.58. The Morgan fingerprint density at radius 2 is 1.85 bits per heavy atom. The number of hydrogen-bond donors (Lipinski definition) is 1. The van der Waals surface area contributed by atoms with Crippen molar-refractivity contribution in [2.45, 2.75) is 13.8 Å². The minimum Gasteiger partial charge on any atom is -0.326 e. The van der Waals surface area contributed by atoms with Crippen molar-refractivity contribution in [2.75, 3.05) is 16.8 Å². The van der Waals surface area contributed by atoms with Crippen LogP contribution in [-0.2, 0) is 0 Å². The van der Waals surface area contributed by atoms with Gasteiger partial charge >= 0.3 is 0 Å². The van der Waals surface area contributed by atoms with E-state index in [-0.39, 0.29) is 11.6 Å². The quantitative estimate of drug-likeness (QED) is 0.644. The highest BCUT2D eigenvalue weighted by molar-refractivity contribution is 5.62. The minimum absolute atomic E-state index is 0.0820. The van der Waals surface area contributed by atoms with E-state index in [1.54, 1.807) is 6.07 Å². The Morgan fingerprint density at radius 3 is 2.58 bits per heavy atom. The molecule has 0 spiro atoms. The predicted octanol–water partition coefficient (Wildman–Crippen LogP) is 5.10. The number of anilines is 4. The molecule has 0 bridgehead atoms. The summed E-state index contributed by atoms with van der Waals surface area (Å²) in [4.78, 5) is 10.3. The second kappa shape index (κ2) is 7.43. The SMILES string of the molecule is CCN(c1cccc(C)c1)c1ccnc(Nc2ccc(F)c(F)c2F)n1. The summed E-state index contributed by atoms with van der Waals surface area (Å²) in [5.74, 6) is -3.43. The van der Waals surface area contributed by atoms with E-state index in [4.69, 9.17) is 0 Å². The lowest BCUT2D eigenvalue weighted by Crippen LogP contribution is -2.18. The van der Waals surface area contributed by atoms with E-state index in [0.29, 0.717) is 12.4 Å². The lowest BCUT2D eigenvalue weighted by Gasteiger charge is -2.22. The second-order valence-corrected chi connectivity index (χ2v) is 5.67. The van der Waals surface area contributed by atoms with E-state index in [0.717, 1.165) is 23.4 Å². The molecule has 0 atom stereocenters. The van der Waals surface area contributed by atoms with Gasteiger partial charge in [-0.2, -0.15) is 4.98 Å². The summed E-state index contributed by atoms with van der Waals surface area (Å²) in [6, 6.07) is 11.6. The zero-order chi connectivity index (χ0) is 18.7. The predicted molar refractivity (Wildman–Crippen MR) is 95.5 cm³/mol. The number of rotatable bonds is 5. The molecule has 0 aliphatic rings. The van der Waals surface area contributed by atoms with Gasteiger partial charge in [-0.15, -0.1) is 0 Å². The van der Waals surface area contributed by atoms with E-state index in [1.807, 2.05) is 43.0 Å². The van der Waals surface area contributed by atoms with Gasteiger partial charge in [-0.05, 0) is 49.7 Å². The van der Waals surface area contributed by atoms with Gasteiger partial charge in [-0.25, -0.2) is 18.2 Å². The molecule has 3 aromatic rings. The maximum absolute atomic E-state index is 13.8. The van der Waals surface area contributed by atoms with Gasteiger partial charge in [-0.3, -0.25) is 0 Å². The molecule has 3 rings (SSSR count). The van der Waals surface area contributed by atoms with Crippen LogP contribution < -0.4 is 10.2 Å². The van der Waals surface area contributed by atoms with Crippen LogP contribution in [-0.4, -0.2) is 16.5 Å². The van der Waals surface area contributed by atoms with Crippen LogP contribution in [0, 0.1) is 24.4 Å². The normalized spacial score (nSPS) is 10.7. The number of aryl methyl sites for hydroxylation is 1. The van der Waals surface area contributed by atoms with Crippen LogP contribution in [0.5, 0.6) is 0 Å². The summed E-state index contributed by atoms with van der Waals surface area (Å²) in [5.41, 5.74) is 1.83. The first-order valence-corrected chi connectivity index (χ1v) is 8.07. The number of halogens is 3. The van der Waals surface area contributed by atoms with Gasteiger partial charge in [0.25, 0.3) is 0 Å². The molecule has 0 amide bonds. The van der Waals surface area contributed by atoms with Gasteiger partial charge in [0.1, 0.15) is 5.82 Å². The molecule has 2 aromatic carbocycles. The lowest BCUT2D eigenvalue weighted by atomic mass is 10.2. The average Bonchev–Trinajstić information content (AvgIpc) is 2.63. The smallest absolute Gasteiger partial charge is 0.229 e. The lowest BCUT2D eigenvalue weighted by molar-refractivity contribution is 0.449. The Labute approximate surface area is 149 Å². The average molecular weight is 358 g/mol. The van der Waals surface area contributed by atoms with E-state index in [9.17, 15) is 13.2 Å². The maximum Gasteiger partial charge on any atom is 0.229 e. The molecule has 0 unspecified atom stereocenters. The number of nitrogens with zero attached hydrogens (tertiary/aromatic N) is 3. The molecule has 0 radical (unpaired) electrons. The molecule has 7 heteroatoms. The molecule has 1 aromatic heterocycles. The first kappa shape index (κ1) is 17.7. The Kier molecular flexibility index (Phi) is 5.06. The number of hydrogen-bond acceptors (Lipinski definition) is 4. The fourth-order valence-corrected chi connectivity index (χ4v) is 2.58. The summed E-state index contributed by atoms with van der Waals surface area (Å²) in [6.07, 6.45) is 1.51. The molecule has 134 valence electrons. The van der Waals surface area contributed by atoms with Crippen molar-refractivity contribution in [1.29, 1.82) is 0 Å². The summed E-state index contributed by atoms with van der Waals surface area (Å²) >= 11 is 0. The van der Waals surface area contributed by atoms with Crippen molar-refractivity contribution in [2.24, 2.45) is 0 Å². The third-order valence-corrected chi connectivity index (χ3v) is 3.83. The largest absolute Gasteiger partial charge is 0.326 e. The van der Waals surface area contributed by atoms with Crippen molar-refractivity contribution in [1.82, 2.24) is 9.97 Å². The van der Waals surface area contributed by atoms with Crippen molar-refractivity contribution in [3.8, 4) is 0 Å². The summed E-state index contributed by atoms with van der Waals surface area (Å²) in [5, 5.41) is 2.59. The molecular formula is C19H17F3N4. The molecule has 26 heavy (non-hydrogen) atoms. The van der Waals surface area contributed by atoms with Crippen molar-refractivity contribution < 1.29 is 13.2 Å². The van der Waals surface area contributed by atoms with E-state index in [2.05, 4.69) is 15.3 Å². The van der Waals surface area contributed by atoms with E-state index in [1.165, 1.54) is 6.20 Å². The Bertz CT molecular complexity index is 930. The molecule has 0 fully saturated rings. The zero-order valence-corrected chi connectivity index (χ0v) is 14.3. The molecule has 1 N–H and O–H groups in total. The van der Waals surface area contributed by atoms with Gasteiger partial charge in [-0.1, -0.05) is 12.1 Å². The van der Waals surface area contributed by atoms with Crippen LogP contribution in [0.4, 0.5) is 36.3 Å². The van der Waals surface area contributed by atoms with Gasteiger partial charge in [0.15, 0.2) is 17.5 Å². The monoisotopic (exact) mass is 358 g/mol. The topological polar surface area (TPSA) is 41.1 Å². The maximum atomic E-state index is 13.8. The van der Waals surface area contributed by atoms with Gasteiger partial charge in [0, 0.05) is 18.4 Å². The Hall–Kier alpha value is -3.09. The first-order valence-electron chi connectivity index (χ1n) is 8.07. The van der Waals surface area contributed by atoms with Crippen LogP contribution >= 0.6 is 0 Å². The zero-order valence-electron chi connectivity index (χ0n) is 14.3. The van der Waals surface area contributed by atoms with Crippen molar-refractivity contribution in [3.05, 3.63) is 71.7 Å². The first-order chi connectivity index (χ1) is 12.5. The molecule has 0 saturated carbocycles. The van der Waals surface area contributed by atoms with Crippen molar-refractivity contribution >= 4 is 23.1 Å². The fraction of sp³-hybridized carbons (Fsp3) is 0.158. The highest BCUT2D eigenvalue weighted by Gasteiger charge is 2.15. The summed E-state index contributed by atoms with van der Waals surface area (Å²) < 4.78 is 40.3. The summed E-state index contributed by atoms with van der Waals surface area (Å²) in [6.45, 7) is 4.63. The number of aromatic nitrogens is 2. The van der Waals surface area contributed by atoms with Crippen molar-refractivity contribution in [3.63, 3.8) is 0 Å². The minimum atomic E-state index is -1.54. The summed E-state index contributed by atoms with van der Waals surface area (Å²) in [7, 11) is 0. The van der Waals surface area contributed by atoms with Gasteiger partial charge in [0.05, 0.1) is 5.69 Å². The van der Waals surface area contributed by atoms with E-state index >= 15 is 0 Å². The van der Waals surface area contributed by atoms with E-state index < -0.39 is 17.5 Å². The number of nitrogens with one attached hydrogen (secondary N) is 1. The Balaban J connectivity index is 1.92. The van der Waals surface area contributed by atoms with Crippen LogP contribution in [0.1, 0.15) is 12.5 Å². The molecule has 1 heterocycles. The second-order valence-electron chi connectivity index (χ2n) is 5.67. The Morgan fingerprint density at radius 1 is 1.04 bits per heavy atom. The van der Waals surface area contributed by atoms with Crippen LogP contribution in [0.25, 0.3) is 0 Å². The molecule has 0 saturated heterocycles. The van der Waals surface area contributed by atoms with Crippen LogP contribution in [0.3, 0.4) is 0 Å².